The number of nitro groups is 1. The molecular weight excluding hydrogens is 307 g/mol. The van der Waals surface area contributed by atoms with Crippen molar-refractivity contribution in [3.8, 4) is 0 Å². The van der Waals surface area contributed by atoms with Crippen molar-refractivity contribution in [1.82, 2.24) is 14.8 Å². The highest BCUT2D eigenvalue weighted by atomic mass is 32.1. The van der Waals surface area contributed by atoms with Gasteiger partial charge in [-0.1, -0.05) is 6.92 Å². The monoisotopic (exact) mass is 322 g/mol. The zero-order valence-electron chi connectivity index (χ0n) is 12.2. The van der Waals surface area contributed by atoms with Crippen LogP contribution in [0.3, 0.4) is 0 Å². The average molecular weight is 322 g/mol. The third-order valence-corrected chi connectivity index (χ3v) is 4.71. The molecule has 1 aliphatic carbocycles. The fourth-order valence-corrected chi connectivity index (χ4v) is 3.51. The summed E-state index contributed by atoms with van der Waals surface area (Å²) in [6, 6.07) is 3.72. The Morgan fingerprint density at radius 1 is 1.41 bits per heavy atom. The van der Waals surface area contributed by atoms with Crippen molar-refractivity contribution in [2.75, 3.05) is 0 Å². The van der Waals surface area contributed by atoms with Gasteiger partial charge in [0.1, 0.15) is 11.6 Å². The molecular formula is C14H15FN4O2S. The van der Waals surface area contributed by atoms with Gasteiger partial charge in [0.25, 0.3) is 5.69 Å². The van der Waals surface area contributed by atoms with Crippen LogP contribution in [-0.2, 0) is 12.5 Å². The lowest BCUT2D eigenvalue weighted by Gasteiger charge is -2.45. The number of nitrogens with zero attached hydrogens (tertiary/aromatic N) is 4. The van der Waals surface area contributed by atoms with Crippen molar-refractivity contribution >= 4 is 18.3 Å². The van der Waals surface area contributed by atoms with Crippen LogP contribution in [0.15, 0.2) is 23.4 Å². The smallest absolute Gasteiger partial charge is 0.272 e. The van der Waals surface area contributed by atoms with E-state index < -0.39 is 16.2 Å². The number of nitro benzene ring substituents is 1. The first kappa shape index (κ1) is 15.0. The maximum atomic E-state index is 13.8. The number of non-ortho nitro benzene ring substituents is 1. The van der Waals surface area contributed by atoms with Crippen molar-refractivity contribution in [2.24, 2.45) is 13.0 Å². The van der Waals surface area contributed by atoms with Crippen LogP contribution in [0.1, 0.15) is 31.2 Å². The van der Waals surface area contributed by atoms with Crippen molar-refractivity contribution in [3.05, 3.63) is 45.5 Å². The Labute approximate surface area is 131 Å². The van der Waals surface area contributed by atoms with E-state index in [2.05, 4.69) is 29.7 Å². The molecule has 1 aromatic carbocycles. The van der Waals surface area contributed by atoms with Gasteiger partial charge in [-0.05, 0) is 30.4 Å². The number of rotatable bonds is 3. The molecule has 0 aliphatic heterocycles. The lowest BCUT2D eigenvalue weighted by atomic mass is 9.58. The van der Waals surface area contributed by atoms with E-state index in [-0.39, 0.29) is 5.69 Å². The largest absolute Gasteiger partial charge is 0.309 e. The highest BCUT2D eigenvalue weighted by Gasteiger charge is 2.49. The Kier molecular flexibility index (Phi) is 3.43. The summed E-state index contributed by atoms with van der Waals surface area (Å²) >= 11 is 4.23. The summed E-state index contributed by atoms with van der Waals surface area (Å²) < 4.78 is 15.6. The maximum Gasteiger partial charge on any atom is 0.272 e. The van der Waals surface area contributed by atoms with E-state index in [1.54, 1.807) is 11.6 Å². The van der Waals surface area contributed by atoms with E-state index in [1.165, 1.54) is 12.1 Å². The fraction of sp³-hybridized carbons (Fsp3) is 0.429. The Bertz CT molecular complexity index is 755. The Balaban J connectivity index is 2.17. The standard InChI is InChI=1S/C14H15FN4O2S/c1-8-6-14(7-8,12-16-17-13(22)18(12)2)9-3-10(15)5-11(4-9)19(20)21/h3-5,8H,6-7H2,1-2H3,(H,17,22). The zero-order valence-corrected chi connectivity index (χ0v) is 13.0. The summed E-state index contributed by atoms with van der Waals surface area (Å²) in [4.78, 5) is 10.4. The van der Waals surface area contributed by atoms with E-state index in [9.17, 15) is 14.5 Å². The second-order valence-electron chi connectivity index (χ2n) is 5.93. The van der Waals surface area contributed by atoms with Gasteiger partial charge < -0.3 is 4.57 Å². The first-order chi connectivity index (χ1) is 10.3. The topological polar surface area (TPSA) is 73.8 Å². The van der Waals surface area contributed by atoms with E-state index in [1.807, 2.05) is 0 Å². The van der Waals surface area contributed by atoms with Gasteiger partial charge in [-0.25, -0.2) is 4.39 Å². The van der Waals surface area contributed by atoms with Crippen LogP contribution in [0.4, 0.5) is 10.1 Å². The van der Waals surface area contributed by atoms with Crippen molar-refractivity contribution in [1.29, 1.82) is 0 Å². The second-order valence-corrected chi connectivity index (χ2v) is 6.33. The second kappa shape index (κ2) is 5.05. The minimum Gasteiger partial charge on any atom is -0.309 e. The van der Waals surface area contributed by atoms with Crippen LogP contribution >= 0.6 is 12.6 Å². The van der Waals surface area contributed by atoms with Crippen molar-refractivity contribution < 1.29 is 9.31 Å². The molecule has 1 saturated carbocycles. The van der Waals surface area contributed by atoms with Crippen LogP contribution in [0, 0.1) is 21.8 Å². The fourth-order valence-electron chi connectivity index (χ4n) is 3.37. The van der Waals surface area contributed by atoms with E-state index in [0.29, 0.717) is 22.5 Å². The first-order valence-corrected chi connectivity index (χ1v) is 7.32. The van der Waals surface area contributed by atoms with Gasteiger partial charge in [0.05, 0.1) is 16.4 Å². The molecule has 0 amide bonds. The van der Waals surface area contributed by atoms with Gasteiger partial charge >= 0.3 is 0 Å². The molecule has 8 heteroatoms. The number of aromatic nitrogens is 3. The van der Waals surface area contributed by atoms with Gasteiger partial charge in [0, 0.05) is 13.1 Å². The summed E-state index contributed by atoms with van der Waals surface area (Å²) in [6.45, 7) is 2.09. The molecule has 116 valence electrons. The molecule has 0 radical (unpaired) electrons. The maximum absolute atomic E-state index is 13.8. The van der Waals surface area contributed by atoms with Gasteiger partial charge in [0.2, 0.25) is 0 Å². The minimum atomic E-state index is -0.614. The van der Waals surface area contributed by atoms with Crippen LogP contribution in [0.5, 0.6) is 0 Å². The molecule has 0 unspecified atom stereocenters. The molecule has 0 saturated heterocycles. The molecule has 0 N–H and O–H groups in total. The van der Waals surface area contributed by atoms with Crippen LogP contribution in [-0.4, -0.2) is 19.7 Å². The molecule has 1 heterocycles. The quantitative estimate of drug-likeness (QED) is 0.536. The summed E-state index contributed by atoms with van der Waals surface area (Å²) in [7, 11) is 1.79. The van der Waals surface area contributed by atoms with Crippen molar-refractivity contribution in [2.45, 2.75) is 30.3 Å². The SMILES string of the molecule is CC1CC(c2cc(F)cc([N+](=O)[O-])c2)(c2nnc(S)n2C)C1. The number of hydrogen-bond acceptors (Lipinski definition) is 5. The zero-order chi connectivity index (χ0) is 16.1. The number of halogens is 1. The van der Waals surface area contributed by atoms with Crippen LogP contribution in [0.2, 0.25) is 0 Å². The van der Waals surface area contributed by atoms with E-state index in [4.69, 9.17) is 0 Å². The van der Waals surface area contributed by atoms with Crippen LogP contribution < -0.4 is 0 Å². The molecule has 6 nitrogen and oxygen atoms in total. The predicted octanol–water partition coefficient (Wildman–Crippen LogP) is 2.87. The molecule has 3 rings (SSSR count). The number of hydrogen-bond donors (Lipinski definition) is 1. The molecule has 2 aromatic rings. The van der Waals surface area contributed by atoms with Crippen LogP contribution in [0.25, 0.3) is 0 Å². The summed E-state index contributed by atoms with van der Waals surface area (Å²) in [5.41, 5.74) is -0.224. The Hall–Kier alpha value is -1.96. The predicted molar refractivity (Wildman–Crippen MR) is 80.5 cm³/mol. The Morgan fingerprint density at radius 3 is 2.59 bits per heavy atom. The molecule has 22 heavy (non-hydrogen) atoms. The molecule has 0 atom stereocenters. The third-order valence-electron chi connectivity index (χ3n) is 4.32. The molecule has 1 aliphatic rings. The molecule has 1 fully saturated rings. The highest BCUT2D eigenvalue weighted by molar-refractivity contribution is 7.80. The summed E-state index contributed by atoms with van der Waals surface area (Å²) in [5, 5.41) is 19.6. The summed E-state index contributed by atoms with van der Waals surface area (Å²) in [6.07, 6.45) is 1.49. The summed E-state index contributed by atoms with van der Waals surface area (Å²) in [5.74, 6) is 0.481. The lowest BCUT2D eigenvalue weighted by Crippen LogP contribution is -2.43. The van der Waals surface area contributed by atoms with Gasteiger partial charge in [-0.3, -0.25) is 10.1 Å². The number of thiol groups is 1. The normalized spacial score (nSPS) is 24.1. The van der Waals surface area contributed by atoms with Gasteiger partial charge in [-0.15, -0.1) is 22.8 Å². The highest BCUT2D eigenvalue weighted by Crippen LogP contribution is 2.52. The first-order valence-electron chi connectivity index (χ1n) is 6.88. The molecule has 1 aromatic heterocycles. The Morgan fingerprint density at radius 2 is 2.09 bits per heavy atom. The van der Waals surface area contributed by atoms with Crippen molar-refractivity contribution in [3.63, 3.8) is 0 Å². The number of benzene rings is 1. The molecule has 0 spiro atoms. The van der Waals surface area contributed by atoms with E-state index in [0.717, 1.165) is 18.9 Å². The van der Waals surface area contributed by atoms with Gasteiger partial charge in [0.15, 0.2) is 5.16 Å². The van der Waals surface area contributed by atoms with Gasteiger partial charge in [-0.2, -0.15) is 0 Å². The third kappa shape index (κ3) is 2.18. The lowest BCUT2D eigenvalue weighted by molar-refractivity contribution is -0.385. The minimum absolute atomic E-state index is 0.248. The van der Waals surface area contributed by atoms with E-state index >= 15 is 0 Å². The molecule has 0 bridgehead atoms. The average Bonchev–Trinajstić information content (AvgIpc) is 2.75.